The molecular weight excluding hydrogens is 258 g/mol. The lowest BCUT2D eigenvalue weighted by atomic mass is 9.78. The highest BCUT2D eigenvalue weighted by Crippen LogP contribution is 2.32. The third-order valence-corrected chi connectivity index (χ3v) is 5.28. The fraction of sp³-hybridized carbons (Fsp3) is 0.722. The number of hydrogen-bond donors (Lipinski definition) is 1. The maximum atomic E-state index is 4.46. The minimum atomic E-state index is 0.674. The fourth-order valence-electron chi connectivity index (χ4n) is 4.06. The van der Waals surface area contributed by atoms with Crippen molar-refractivity contribution in [3.63, 3.8) is 0 Å². The second-order valence-corrected chi connectivity index (χ2v) is 6.74. The van der Waals surface area contributed by atoms with Crippen LogP contribution in [0.15, 0.2) is 24.4 Å². The quantitative estimate of drug-likeness (QED) is 0.901. The molecule has 3 rings (SSSR count). The van der Waals surface area contributed by atoms with E-state index in [1.54, 1.807) is 0 Å². The number of pyridine rings is 1. The lowest BCUT2D eigenvalue weighted by molar-refractivity contribution is 0.143. The Labute approximate surface area is 129 Å². The van der Waals surface area contributed by atoms with E-state index in [0.717, 1.165) is 31.6 Å². The van der Waals surface area contributed by atoms with Crippen LogP contribution in [0.2, 0.25) is 0 Å². The van der Waals surface area contributed by atoms with Crippen LogP contribution in [-0.4, -0.2) is 35.1 Å². The molecule has 0 spiro atoms. The lowest BCUT2D eigenvalue weighted by Crippen LogP contribution is -2.52. The zero-order chi connectivity index (χ0) is 14.5. The molecule has 0 bridgehead atoms. The van der Waals surface area contributed by atoms with E-state index < -0.39 is 0 Å². The van der Waals surface area contributed by atoms with Crippen LogP contribution in [0.25, 0.3) is 0 Å². The third-order valence-electron chi connectivity index (χ3n) is 5.28. The maximum absolute atomic E-state index is 4.46. The van der Waals surface area contributed by atoms with Crippen LogP contribution in [0.4, 0.5) is 0 Å². The Morgan fingerprint density at radius 1 is 1.19 bits per heavy atom. The molecular formula is C18H29N3. The van der Waals surface area contributed by atoms with Gasteiger partial charge < -0.3 is 5.32 Å². The van der Waals surface area contributed by atoms with Crippen LogP contribution in [0, 0.1) is 5.92 Å². The van der Waals surface area contributed by atoms with Gasteiger partial charge in [-0.05, 0) is 50.3 Å². The summed E-state index contributed by atoms with van der Waals surface area (Å²) in [6.45, 7) is 5.50. The largest absolute Gasteiger partial charge is 0.310 e. The zero-order valence-corrected chi connectivity index (χ0v) is 13.3. The number of nitrogens with zero attached hydrogens (tertiary/aromatic N) is 2. The topological polar surface area (TPSA) is 28.2 Å². The first kappa shape index (κ1) is 15.0. The predicted octanol–water partition coefficient (Wildman–Crippen LogP) is 3.21. The second-order valence-electron chi connectivity index (χ2n) is 6.74. The molecule has 0 aromatic carbocycles. The Kier molecular flexibility index (Phi) is 5.26. The van der Waals surface area contributed by atoms with E-state index in [1.807, 2.05) is 12.3 Å². The molecule has 0 amide bonds. The second kappa shape index (κ2) is 7.37. The van der Waals surface area contributed by atoms with Gasteiger partial charge in [0, 0.05) is 31.4 Å². The summed E-state index contributed by atoms with van der Waals surface area (Å²) < 4.78 is 0. The molecule has 3 unspecified atom stereocenters. The van der Waals surface area contributed by atoms with Gasteiger partial charge in [-0.1, -0.05) is 25.8 Å². The molecule has 2 fully saturated rings. The minimum Gasteiger partial charge on any atom is -0.310 e. The highest BCUT2D eigenvalue weighted by molar-refractivity contribution is 5.03. The van der Waals surface area contributed by atoms with Crippen molar-refractivity contribution in [3.05, 3.63) is 30.1 Å². The van der Waals surface area contributed by atoms with E-state index in [-0.39, 0.29) is 0 Å². The van der Waals surface area contributed by atoms with Gasteiger partial charge in [0.2, 0.25) is 0 Å². The maximum Gasteiger partial charge on any atom is 0.0543 e. The minimum absolute atomic E-state index is 0.674. The van der Waals surface area contributed by atoms with E-state index in [1.165, 1.54) is 44.2 Å². The number of piperidine rings is 1. The number of nitrogens with one attached hydrogen (secondary N) is 1. The summed E-state index contributed by atoms with van der Waals surface area (Å²) in [6.07, 6.45) is 10.4. The first-order valence-corrected chi connectivity index (χ1v) is 8.73. The number of aromatic nitrogens is 1. The monoisotopic (exact) mass is 287 g/mol. The molecule has 2 aliphatic rings. The molecule has 2 heterocycles. The van der Waals surface area contributed by atoms with Crippen LogP contribution >= 0.6 is 0 Å². The van der Waals surface area contributed by atoms with Crippen molar-refractivity contribution in [1.29, 1.82) is 0 Å². The van der Waals surface area contributed by atoms with Gasteiger partial charge in [0.1, 0.15) is 0 Å². The Morgan fingerprint density at radius 3 is 2.90 bits per heavy atom. The number of likely N-dealkylation sites (N-methyl/N-ethyl adjacent to an activating group) is 1. The average Bonchev–Trinajstić information content (AvgIpc) is 2.55. The molecule has 3 heteroatoms. The summed E-state index contributed by atoms with van der Waals surface area (Å²) in [5, 5.41) is 3.94. The van der Waals surface area contributed by atoms with Crippen molar-refractivity contribution in [3.8, 4) is 0 Å². The zero-order valence-electron chi connectivity index (χ0n) is 13.3. The SMILES string of the molecule is CCN(Cc1ccccn1)CC1CCC2CCCCC2N1. The normalized spacial score (nSPS) is 29.3. The van der Waals surface area contributed by atoms with Crippen LogP contribution < -0.4 is 5.32 Å². The molecule has 3 atom stereocenters. The Hall–Kier alpha value is -0.930. The number of fused-ring (bicyclic) bond motifs is 1. The first-order chi connectivity index (χ1) is 10.3. The molecule has 1 aromatic heterocycles. The van der Waals surface area contributed by atoms with E-state index in [4.69, 9.17) is 0 Å². The van der Waals surface area contributed by atoms with Crippen molar-refractivity contribution < 1.29 is 0 Å². The van der Waals surface area contributed by atoms with Gasteiger partial charge in [-0.15, -0.1) is 0 Å². The number of rotatable bonds is 5. The van der Waals surface area contributed by atoms with Crippen LogP contribution in [0.5, 0.6) is 0 Å². The molecule has 116 valence electrons. The van der Waals surface area contributed by atoms with Crippen molar-refractivity contribution >= 4 is 0 Å². The average molecular weight is 287 g/mol. The van der Waals surface area contributed by atoms with Gasteiger partial charge in [0.25, 0.3) is 0 Å². The summed E-state index contributed by atoms with van der Waals surface area (Å²) in [7, 11) is 0. The molecule has 1 aliphatic heterocycles. The van der Waals surface area contributed by atoms with Gasteiger partial charge >= 0.3 is 0 Å². The Balaban J connectivity index is 1.52. The molecule has 1 aromatic rings. The summed E-state index contributed by atoms with van der Waals surface area (Å²) in [6, 6.07) is 7.68. The van der Waals surface area contributed by atoms with E-state index in [2.05, 4.69) is 34.3 Å². The van der Waals surface area contributed by atoms with Crippen LogP contribution in [0.1, 0.15) is 51.1 Å². The van der Waals surface area contributed by atoms with E-state index in [0.29, 0.717) is 6.04 Å². The Bertz CT molecular complexity index is 420. The Morgan fingerprint density at radius 2 is 2.10 bits per heavy atom. The van der Waals surface area contributed by atoms with Crippen molar-refractivity contribution in [2.75, 3.05) is 13.1 Å². The van der Waals surface area contributed by atoms with Crippen LogP contribution in [0.3, 0.4) is 0 Å². The molecule has 21 heavy (non-hydrogen) atoms. The number of hydrogen-bond acceptors (Lipinski definition) is 3. The van der Waals surface area contributed by atoms with Gasteiger partial charge in [-0.25, -0.2) is 0 Å². The highest BCUT2D eigenvalue weighted by atomic mass is 15.2. The molecule has 1 saturated carbocycles. The molecule has 1 N–H and O–H groups in total. The van der Waals surface area contributed by atoms with Crippen molar-refractivity contribution in [1.82, 2.24) is 15.2 Å². The van der Waals surface area contributed by atoms with Gasteiger partial charge in [0.05, 0.1) is 5.69 Å². The first-order valence-electron chi connectivity index (χ1n) is 8.73. The summed E-state index contributed by atoms with van der Waals surface area (Å²) in [4.78, 5) is 6.99. The van der Waals surface area contributed by atoms with E-state index >= 15 is 0 Å². The van der Waals surface area contributed by atoms with Gasteiger partial charge in [0.15, 0.2) is 0 Å². The summed E-state index contributed by atoms with van der Waals surface area (Å²) >= 11 is 0. The summed E-state index contributed by atoms with van der Waals surface area (Å²) in [5.74, 6) is 0.959. The van der Waals surface area contributed by atoms with Crippen molar-refractivity contribution in [2.45, 2.75) is 64.1 Å². The molecule has 1 saturated heterocycles. The van der Waals surface area contributed by atoms with E-state index in [9.17, 15) is 0 Å². The molecule has 0 radical (unpaired) electrons. The lowest BCUT2D eigenvalue weighted by Gasteiger charge is -2.41. The standard InChI is InChI=1S/C18H29N3/c1-2-21(13-16-8-5-6-12-19-16)14-17-11-10-15-7-3-4-9-18(15)20-17/h5-6,8,12,15,17-18,20H,2-4,7,9-11,13-14H2,1H3. The van der Waals surface area contributed by atoms with Gasteiger partial charge in [-0.2, -0.15) is 0 Å². The van der Waals surface area contributed by atoms with Crippen LogP contribution in [-0.2, 0) is 6.54 Å². The molecule has 1 aliphatic carbocycles. The third kappa shape index (κ3) is 4.04. The summed E-state index contributed by atoms with van der Waals surface area (Å²) in [5.41, 5.74) is 1.19. The predicted molar refractivity (Wildman–Crippen MR) is 87.1 cm³/mol. The highest BCUT2D eigenvalue weighted by Gasteiger charge is 2.31. The van der Waals surface area contributed by atoms with Crippen molar-refractivity contribution in [2.24, 2.45) is 5.92 Å². The fourth-order valence-corrected chi connectivity index (χ4v) is 4.06. The smallest absolute Gasteiger partial charge is 0.0543 e. The van der Waals surface area contributed by atoms with Gasteiger partial charge in [-0.3, -0.25) is 9.88 Å². The molecule has 3 nitrogen and oxygen atoms in total.